The Morgan fingerprint density at radius 2 is 2.15 bits per heavy atom. The third-order valence-corrected chi connectivity index (χ3v) is 4.13. The first kappa shape index (κ1) is 9.22. The van der Waals surface area contributed by atoms with Gasteiger partial charge >= 0.3 is 0 Å². The molecule has 5 atom stereocenters. The van der Waals surface area contributed by atoms with E-state index in [0.29, 0.717) is 11.8 Å². The fourth-order valence-corrected chi connectivity index (χ4v) is 2.99. The van der Waals surface area contributed by atoms with Crippen LogP contribution in [0.15, 0.2) is 12.2 Å². The molecule has 2 aliphatic rings. The molecule has 2 bridgehead atoms. The summed E-state index contributed by atoms with van der Waals surface area (Å²) in [6.45, 7) is 7.86. The quantitative estimate of drug-likeness (QED) is 0.555. The third-order valence-electron chi connectivity index (χ3n) is 4.13. The first-order valence-electron chi connectivity index (χ1n) is 5.03. The summed E-state index contributed by atoms with van der Waals surface area (Å²) in [5.74, 6) is 0.859. The Morgan fingerprint density at radius 3 is 2.77 bits per heavy atom. The maximum atomic E-state index is 10.2. The molecule has 0 aromatic rings. The van der Waals surface area contributed by atoms with Crippen LogP contribution in [0.2, 0.25) is 0 Å². The zero-order chi connectivity index (χ0) is 9.80. The van der Waals surface area contributed by atoms with Crippen LogP contribution >= 0.6 is 0 Å². The summed E-state index contributed by atoms with van der Waals surface area (Å²) < 4.78 is 0. The van der Waals surface area contributed by atoms with Gasteiger partial charge in [0.25, 0.3) is 0 Å². The lowest BCUT2D eigenvalue weighted by Gasteiger charge is -2.40. The Bertz CT molecular complexity index is 244. The average molecular weight is 182 g/mol. The summed E-state index contributed by atoms with van der Waals surface area (Å²) in [6.07, 6.45) is 1.39. The molecular weight excluding hydrogens is 164 g/mol. The first-order chi connectivity index (χ1) is 5.94. The van der Waals surface area contributed by atoms with E-state index in [-0.39, 0.29) is 12.0 Å². The molecule has 2 N–H and O–H groups in total. The highest BCUT2D eigenvalue weighted by molar-refractivity contribution is 5.22. The van der Waals surface area contributed by atoms with Crippen LogP contribution in [0.25, 0.3) is 0 Å². The van der Waals surface area contributed by atoms with E-state index in [0.717, 1.165) is 18.4 Å². The van der Waals surface area contributed by atoms with Crippen LogP contribution in [-0.2, 0) is 0 Å². The van der Waals surface area contributed by atoms with Gasteiger partial charge in [-0.1, -0.05) is 13.5 Å². The number of hydrogen-bond acceptors (Lipinski definition) is 2. The molecule has 74 valence electrons. The molecule has 0 heterocycles. The fourth-order valence-electron chi connectivity index (χ4n) is 2.99. The van der Waals surface area contributed by atoms with Gasteiger partial charge in [-0.2, -0.15) is 0 Å². The molecule has 0 saturated heterocycles. The van der Waals surface area contributed by atoms with Crippen molar-refractivity contribution >= 4 is 0 Å². The Hall–Kier alpha value is -0.340. The van der Waals surface area contributed by atoms with Crippen LogP contribution in [0, 0.1) is 17.8 Å². The number of aliphatic hydroxyl groups excluding tert-OH is 1. The molecule has 0 spiro atoms. The van der Waals surface area contributed by atoms with Crippen molar-refractivity contribution in [1.29, 1.82) is 0 Å². The standard InChI is InChI=1S/C11H18O2/c1-6-4-9-10(12)8(6)5-7(2)11(9,3)13/h6,8-10,12-13H,2,4-5H2,1,3H3/t6-,8+,9-,10+,11-/m1/s1. The predicted molar refractivity (Wildman–Crippen MR) is 51.1 cm³/mol. The van der Waals surface area contributed by atoms with Gasteiger partial charge in [-0.3, -0.25) is 0 Å². The van der Waals surface area contributed by atoms with Gasteiger partial charge in [0, 0.05) is 5.92 Å². The summed E-state index contributed by atoms with van der Waals surface area (Å²) in [4.78, 5) is 0. The Morgan fingerprint density at radius 1 is 1.54 bits per heavy atom. The van der Waals surface area contributed by atoms with Crippen LogP contribution < -0.4 is 0 Å². The minimum Gasteiger partial charge on any atom is -0.392 e. The predicted octanol–water partition coefficient (Wildman–Crippen LogP) is 1.33. The summed E-state index contributed by atoms with van der Waals surface area (Å²) in [5, 5.41) is 20.1. The van der Waals surface area contributed by atoms with Gasteiger partial charge < -0.3 is 10.2 Å². The summed E-state index contributed by atoms with van der Waals surface area (Å²) >= 11 is 0. The van der Waals surface area contributed by atoms with E-state index in [1.165, 1.54) is 0 Å². The van der Waals surface area contributed by atoms with Gasteiger partial charge in [0.2, 0.25) is 0 Å². The molecule has 0 aromatic heterocycles. The first-order valence-corrected chi connectivity index (χ1v) is 5.03. The average Bonchev–Trinajstić information content (AvgIpc) is 2.26. The van der Waals surface area contributed by atoms with Crippen molar-refractivity contribution in [3.8, 4) is 0 Å². The van der Waals surface area contributed by atoms with Crippen molar-refractivity contribution < 1.29 is 10.2 Å². The van der Waals surface area contributed by atoms with Crippen molar-refractivity contribution in [3.05, 3.63) is 12.2 Å². The van der Waals surface area contributed by atoms with Crippen LogP contribution in [0.3, 0.4) is 0 Å². The van der Waals surface area contributed by atoms with Crippen molar-refractivity contribution in [2.24, 2.45) is 17.8 Å². The summed E-state index contributed by atoms with van der Waals surface area (Å²) in [6, 6.07) is 0. The largest absolute Gasteiger partial charge is 0.392 e. The zero-order valence-electron chi connectivity index (χ0n) is 8.33. The highest BCUT2D eigenvalue weighted by atomic mass is 16.3. The lowest BCUT2D eigenvalue weighted by atomic mass is 9.72. The van der Waals surface area contributed by atoms with E-state index in [9.17, 15) is 10.2 Å². The fraction of sp³-hybridized carbons (Fsp3) is 0.818. The molecule has 2 saturated carbocycles. The van der Waals surface area contributed by atoms with E-state index in [1.54, 1.807) is 6.92 Å². The zero-order valence-corrected chi connectivity index (χ0v) is 8.33. The summed E-state index contributed by atoms with van der Waals surface area (Å²) in [5.41, 5.74) is 0.0536. The van der Waals surface area contributed by atoms with Crippen LogP contribution in [0.5, 0.6) is 0 Å². The van der Waals surface area contributed by atoms with Gasteiger partial charge in [0.05, 0.1) is 11.7 Å². The Labute approximate surface area is 79.3 Å². The van der Waals surface area contributed by atoms with E-state index in [1.807, 2.05) is 0 Å². The molecule has 2 aliphatic carbocycles. The van der Waals surface area contributed by atoms with Crippen molar-refractivity contribution in [1.82, 2.24) is 0 Å². The van der Waals surface area contributed by atoms with Crippen molar-refractivity contribution in [3.63, 3.8) is 0 Å². The molecule has 0 unspecified atom stereocenters. The number of rotatable bonds is 0. The molecular formula is C11H18O2. The van der Waals surface area contributed by atoms with Gasteiger partial charge in [-0.15, -0.1) is 0 Å². The van der Waals surface area contributed by atoms with Gasteiger partial charge in [0.15, 0.2) is 0 Å². The minimum atomic E-state index is -0.847. The van der Waals surface area contributed by atoms with Crippen LogP contribution in [0.1, 0.15) is 26.7 Å². The monoisotopic (exact) mass is 182 g/mol. The Balaban J connectivity index is 2.34. The smallest absolute Gasteiger partial charge is 0.0879 e. The van der Waals surface area contributed by atoms with E-state index < -0.39 is 5.60 Å². The number of hydrogen-bond donors (Lipinski definition) is 2. The topological polar surface area (TPSA) is 40.5 Å². The number of aliphatic hydroxyl groups is 2. The molecule has 2 heteroatoms. The van der Waals surface area contributed by atoms with Gasteiger partial charge in [-0.25, -0.2) is 0 Å². The summed E-state index contributed by atoms with van der Waals surface area (Å²) in [7, 11) is 0. The van der Waals surface area contributed by atoms with E-state index in [4.69, 9.17) is 0 Å². The third kappa shape index (κ3) is 1.09. The number of fused-ring (bicyclic) bond motifs is 2. The second-order valence-corrected chi connectivity index (χ2v) is 4.93. The Kier molecular flexibility index (Phi) is 1.83. The van der Waals surface area contributed by atoms with Crippen LogP contribution in [-0.4, -0.2) is 21.9 Å². The lowest BCUT2D eigenvalue weighted by molar-refractivity contribution is -0.0530. The molecule has 0 amide bonds. The van der Waals surface area contributed by atoms with Crippen molar-refractivity contribution in [2.75, 3.05) is 0 Å². The molecule has 13 heavy (non-hydrogen) atoms. The second-order valence-electron chi connectivity index (χ2n) is 4.93. The lowest BCUT2D eigenvalue weighted by Crippen LogP contribution is -2.46. The molecule has 2 nitrogen and oxygen atoms in total. The maximum Gasteiger partial charge on any atom is 0.0879 e. The molecule has 0 aromatic carbocycles. The van der Waals surface area contributed by atoms with Gasteiger partial charge in [0.1, 0.15) is 0 Å². The molecule has 0 radical (unpaired) electrons. The second kappa shape index (κ2) is 2.58. The molecule has 2 rings (SSSR count). The minimum absolute atomic E-state index is 0.00810. The van der Waals surface area contributed by atoms with Crippen molar-refractivity contribution in [2.45, 2.75) is 38.4 Å². The maximum absolute atomic E-state index is 10.2. The van der Waals surface area contributed by atoms with E-state index in [2.05, 4.69) is 13.5 Å². The SMILES string of the molecule is C=C1C[C@@H]2[C@H](O)[C@@H](C[C@H]2C)[C@]1(C)O. The van der Waals surface area contributed by atoms with E-state index >= 15 is 0 Å². The highest BCUT2D eigenvalue weighted by Crippen LogP contribution is 2.52. The molecule has 0 aliphatic heterocycles. The highest BCUT2D eigenvalue weighted by Gasteiger charge is 2.53. The van der Waals surface area contributed by atoms with Gasteiger partial charge in [-0.05, 0) is 37.2 Å². The molecule has 2 fully saturated rings. The van der Waals surface area contributed by atoms with Crippen LogP contribution in [0.4, 0.5) is 0 Å². The normalized spacial score (nSPS) is 55.5.